The molecule has 2 aromatic heterocycles. The third kappa shape index (κ3) is 2.80. The Bertz CT molecular complexity index is 910. The van der Waals surface area contributed by atoms with E-state index < -0.39 is 5.97 Å². The van der Waals surface area contributed by atoms with Gasteiger partial charge in [0.15, 0.2) is 0 Å². The highest BCUT2D eigenvalue weighted by molar-refractivity contribution is 7.17. The van der Waals surface area contributed by atoms with Crippen molar-refractivity contribution in [1.29, 1.82) is 0 Å². The molecule has 0 fully saturated rings. The maximum absolute atomic E-state index is 12.9. The van der Waals surface area contributed by atoms with Gasteiger partial charge in [0.25, 0.3) is 0 Å². The van der Waals surface area contributed by atoms with Gasteiger partial charge >= 0.3 is 5.97 Å². The summed E-state index contributed by atoms with van der Waals surface area (Å²) < 4.78 is 2.45. The molecule has 0 saturated carbocycles. The first kappa shape index (κ1) is 16.3. The second-order valence-corrected chi connectivity index (χ2v) is 6.46. The lowest BCUT2D eigenvalue weighted by Crippen LogP contribution is -2.34. The van der Waals surface area contributed by atoms with Gasteiger partial charge in [0, 0.05) is 12.2 Å². The van der Waals surface area contributed by atoms with Crippen molar-refractivity contribution in [1.82, 2.24) is 4.57 Å². The number of aryl methyl sites for hydroxylation is 1. The van der Waals surface area contributed by atoms with Crippen LogP contribution in [0.2, 0.25) is 0 Å². The van der Waals surface area contributed by atoms with Crippen molar-refractivity contribution in [3.8, 4) is 0 Å². The number of aromatic nitrogens is 1. The molecule has 0 atom stereocenters. The van der Waals surface area contributed by atoms with E-state index in [0.717, 1.165) is 21.5 Å². The number of carboxylic acid groups (broad SMARTS) is 1. The maximum atomic E-state index is 12.9. The molecule has 5 nitrogen and oxygen atoms in total. The van der Waals surface area contributed by atoms with Crippen LogP contribution in [0.4, 0.5) is 5.69 Å². The SMILES string of the molecule is CCN(C(=O)Cn1c(C(=O)O)cc2sccc21)c1ccccc1C. The molecule has 0 aliphatic carbocycles. The quantitative estimate of drug-likeness (QED) is 0.768. The first-order chi connectivity index (χ1) is 11.5. The van der Waals surface area contributed by atoms with Crippen LogP contribution in [0.5, 0.6) is 0 Å². The lowest BCUT2D eigenvalue weighted by atomic mass is 10.2. The van der Waals surface area contributed by atoms with Gasteiger partial charge in [-0.05, 0) is 43.0 Å². The predicted molar refractivity (Wildman–Crippen MR) is 96.0 cm³/mol. The molecule has 6 heteroatoms. The van der Waals surface area contributed by atoms with Gasteiger partial charge in [-0.25, -0.2) is 4.79 Å². The zero-order valence-corrected chi connectivity index (χ0v) is 14.3. The number of fused-ring (bicyclic) bond motifs is 1. The number of amides is 1. The second kappa shape index (κ2) is 6.49. The number of hydrogen-bond donors (Lipinski definition) is 1. The van der Waals surface area contributed by atoms with Gasteiger partial charge in [-0.15, -0.1) is 11.3 Å². The van der Waals surface area contributed by atoms with Crippen molar-refractivity contribution < 1.29 is 14.7 Å². The number of aromatic carboxylic acids is 1. The molecule has 1 aromatic carbocycles. The Balaban J connectivity index is 1.97. The average molecular weight is 342 g/mol. The second-order valence-electron chi connectivity index (χ2n) is 5.52. The summed E-state index contributed by atoms with van der Waals surface area (Å²) in [5.41, 5.74) is 2.80. The van der Waals surface area contributed by atoms with Crippen LogP contribution >= 0.6 is 11.3 Å². The summed E-state index contributed by atoms with van der Waals surface area (Å²) in [6, 6.07) is 11.2. The third-order valence-electron chi connectivity index (χ3n) is 4.06. The van der Waals surface area contributed by atoms with E-state index in [0.29, 0.717) is 6.54 Å². The van der Waals surface area contributed by atoms with Crippen LogP contribution in [-0.2, 0) is 11.3 Å². The number of carbonyl (C=O) groups is 2. The van der Waals surface area contributed by atoms with Crippen LogP contribution in [0, 0.1) is 6.92 Å². The van der Waals surface area contributed by atoms with Crippen LogP contribution < -0.4 is 4.90 Å². The molecule has 3 aromatic rings. The smallest absolute Gasteiger partial charge is 0.352 e. The summed E-state index contributed by atoms with van der Waals surface area (Å²) in [6.45, 7) is 4.41. The molecule has 0 radical (unpaired) electrons. The van der Waals surface area contributed by atoms with Crippen molar-refractivity contribution in [2.75, 3.05) is 11.4 Å². The molecule has 2 heterocycles. The minimum Gasteiger partial charge on any atom is -0.477 e. The third-order valence-corrected chi connectivity index (χ3v) is 4.91. The molecule has 24 heavy (non-hydrogen) atoms. The Labute approximate surface area is 143 Å². The minimum absolute atomic E-state index is 0.00401. The Morgan fingerprint density at radius 2 is 2.00 bits per heavy atom. The molecular formula is C18H18N2O3S. The molecule has 0 aliphatic rings. The number of nitrogens with zero attached hydrogens (tertiary/aromatic N) is 2. The van der Waals surface area contributed by atoms with E-state index in [1.54, 1.807) is 15.5 Å². The van der Waals surface area contributed by atoms with Crippen LogP contribution in [0.1, 0.15) is 23.0 Å². The molecule has 3 rings (SSSR count). The summed E-state index contributed by atoms with van der Waals surface area (Å²) in [4.78, 5) is 26.0. The van der Waals surface area contributed by atoms with Crippen LogP contribution in [0.15, 0.2) is 41.8 Å². The van der Waals surface area contributed by atoms with E-state index >= 15 is 0 Å². The molecule has 1 N–H and O–H groups in total. The van der Waals surface area contributed by atoms with Crippen molar-refractivity contribution in [3.05, 3.63) is 53.0 Å². The van der Waals surface area contributed by atoms with E-state index in [1.165, 1.54) is 11.3 Å². The van der Waals surface area contributed by atoms with Gasteiger partial charge in [-0.3, -0.25) is 4.79 Å². The summed E-state index contributed by atoms with van der Waals surface area (Å²) >= 11 is 1.47. The largest absolute Gasteiger partial charge is 0.477 e. The standard InChI is InChI=1S/C18H18N2O3S/c1-3-19(13-7-5-4-6-12(13)2)17(21)11-20-14-8-9-24-16(14)10-15(20)18(22)23/h4-10H,3,11H2,1-2H3,(H,22,23). The topological polar surface area (TPSA) is 62.5 Å². The molecule has 0 spiro atoms. The van der Waals surface area contributed by atoms with Gasteiger partial charge in [0.1, 0.15) is 12.2 Å². The fraction of sp³-hybridized carbons (Fsp3) is 0.222. The first-order valence-electron chi connectivity index (χ1n) is 7.69. The monoisotopic (exact) mass is 342 g/mol. The highest BCUT2D eigenvalue weighted by Crippen LogP contribution is 2.26. The number of carboxylic acids is 1. The minimum atomic E-state index is -1.02. The van der Waals surface area contributed by atoms with Crippen LogP contribution in [0.25, 0.3) is 10.2 Å². The summed E-state index contributed by atoms with van der Waals surface area (Å²) in [6.07, 6.45) is 0. The van der Waals surface area contributed by atoms with E-state index in [4.69, 9.17) is 0 Å². The molecule has 0 saturated heterocycles. The Morgan fingerprint density at radius 1 is 1.25 bits per heavy atom. The van der Waals surface area contributed by atoms with Gasteiger partial charge in [-0.1, -0.05) is 18.2 Å². The number of benzene rings is 1. The normalized spacial score (nSPS) is 10.9. The van der Waals surface area contributed by atoms with E-state index in [-0.39, 0.29) is 18.1 Å². The van der Waals surface area contributed by atoms with Gasteiger partial charge in [0.05, 0.1) is 10.2 Å². The summed E-state index contributed by atoms with van der Waals surface area (Å²) in [5, 5.41) is 11.3. The average Bonchev–Trinajstić information content (AvgIpc) is 3.12. The molecule has 0 unspecified atom stereocenters. The molecular weight excluding hydrogens is 324 g/mol. The fourth-order valence-electron chi connectivity index (χ4n) is 2.89. The Hall–Kier alpha value is -2.60. The number of para-hydroxylation sites is 1. The molecule has 124 valence electrons. The van der Waals surface area contributed by atoms with Crippen molar-refractivity contribution in [3.63, 3.8) is 0 Å². The first-order valence-corrected chi connectivity index (χ1v) is 8.57. The van der Waals surface area contributed by atoms with Crippen LogP contribution in [-0.4, -0.2) is 28.1 Å². The van der Waals surface area contributed by atoms with Crippen molar-refractivity contribution >= 4 is 39.1 Å². The van der Waals surface area contributed by atoms with Gasteiger partial charge in [0.2, 0.25) is 5.91 Å². The molecule has 0 aliphatic heterocycles. The number of hydrogen-bond acceptors (Lipinski definition) is 3. The Kier molecular flexibility index (Phi) is 4.40. The summed E-state index contributed by atoms with van der Waals surface area (Å²) in [5.74, 6) is -1.15. The number of thiophene rings is 1. The maximum Gasteiger partial charge on any atom is 0.352 e. The zero-order valence-electron chi connectivity index (χ0n) is 13.5. The van der Waals surface area contributed by atoms with E-state index in [9.17, 15) is 14.7 Å². The predicted octanol–water partition coefficient (Wildman–Crippen LogP) is 3.76. The van der Waals surface area contributed by atoms with Crippen molar-refractivity contribution in [2.45, 2.75) is 20.4 Å². The zero-order chi connectivity index (χ0) is 17.3. The highest BCUT2D eigenvalue weighted by Gasteiger charge is 2.21. The number of anilines is 1. The molecule has 0 bridgehead atoms. The molecule has 1 amide bonds. The Morgan fingerprint density at radius 3 is 2.67 bits per heavy atom. The van der Waals surface area contributed by atoms with Crippen molar-refractivity contribution in [2.24, 2.45) is 0 Å². The van der Waals surface area contributed by atoms with Gasteiger partial charge in [-0.2, -0.15) is 0 Å². The van der Waals surface area contributed by atoms with E-state index in [2.05, 4.69) is 0 Å². The van der Waals surface area contributed by atoms with E-state index in [1.807, 2.05) is 49.6 Å². The lowest BCUT2D eigenvalue weighted by Gasteiger charge is -2.23. The fourth-order valence-corrected chi connectivity index (χ4v) is 3.71. The highest BCUT2D eigenvalue weighted by atomic mass is 32.1. The number of rotatable bonds is 5. The lowest BCUT2D eigenvalue weighted by molar-refractivity contribution is -0.119. The van der Waals surface area contributed by atoms with Gasteiger partial charge < -0.3 is 14.6 Å². The van der Waals surface area contributed by atoms with Crippen LogP contribution in [0.3, 0.4) is 0 Å². The number of carbonyl (C=O) groups excluding carboxylic acids is 1. The number of likely N-dealkylation sites (N-methyl/N-ethyl adjacent to an activating group) is 1. The summed E-state index contributed by atoms with van der Waals surface area (Å²) in [7, 11) is 0.